The van der Waals surface area contributed by atoms with E-state index >= 15 is 0 Å². The van der Waals surface area contributed by atoms with Crippen LogP contribution in [0.2, 0.25) is 5.02 Å². The molecular weight excluding hydrogens is 402 g/mol. The van der Waals surface area contributed by atoms with Crippen LogP contribution in [0.5, 0.6) is 5.75 Å². The number of amides is 1. The summed E-state index contributed by atoms with van der Waals surface area (Å²) in [6, 6.07) is 6.20. The number of hydrogen-bond donors (Lipinski definition) is 2. The Morgan fingerprint density at radius 3 is 2.50 bits per heavy atom. The number of rotatable bonds is 4. The molecule has 30 heavy (non-hydrogen) atoms. The van der Waals surface area contributed by atoms with Crippen LogP contribution in [0.3, 0.4) is 0 Å². The highest BCUT2D eigenvalue weighted by atomic mass is 35.5. The van der Waals surface area contributed by atoms with E-state index in [9.17, 15) is 9.90 Å². The first kappa shape index (κ1) is 21.5. The summed E-state index contributed by atoms with van der Waals surface area (Å²) in [4.78, 5) is 20.4. The van der Waals surface area contributed by atoms with Gasteiger partial charge in [0.05, 0.1) is 10.6 Å². The molecule has 0 spiro atoms. The number of ether oxygens (including phenoxy) is 1. The number of carbonyl (C=O) groups excluding carboxylic acids is 1. The van der Waals surface area contributed by atoms with E-state index < -0.39 is 5.60 Å². The van der Waals surface area contributed by atoms with Crippen molar-refractivity contribution >= 4 is 28.4 Å². The fourth-order valence-corrected chi connectivity index (χ4v) is 4.60. The van der Waals surface area contributed by atoms with Crippen LogP contribution < -0.4 is 4.74 Å². The van der Waals surface area contributed by atoms with Gasteiger partial charge in [0.15, 0.2) is 0 Å². The maximum atomic E-state index is 12.9. The molecule has 0 aliphatic carbocycles. The predicted molar refractivity (Wildman–Crippen MR) is 119 cm³/mol. The molecule has 0 unspecified atom stereocenters. The van der Waals surface area contributed by atoms with E-state index in [0.717, 1.165) is 36.8 Å². The zero-order valence-electron chi connectivity index (χ0n) is 18.1. The largest absolute Gasteiger partial charge is 0.489 e. The number of nitrogens with one attached hydrogen (secondary N) is 1. The number of nitrogens with zero attached hydrogens (tertiary/aromatic N) is 2. The van der Waals surface area contributed by atoms with E-state index in [1.807, 2.05) is 25.1 Å². The molecule has 2 saturated heterocycles. The molecule has 6 nitrogen and oxygen atoms in total. The second-order valence-corrected chi connectivity index (χ2v) is 9.70. The molecule has 2 aliphatic rings. The van der Waals surface area contributed by atoms with Gasteiger partial charge in [-0.2, -0.15) is 0 Å². The summed E-state index contributed by atoms with van der Waals surface area (Å²) in [5.41, 5.74) is 0.696. The van der Waals surface area contributed by atoms with Crippen molar-refractivity contribution in [2.75, 3.05) is 26.2 Å². The highest BCUT2D eigenvalue weighted by Gasteiger charge is 2.30. The van der Waals surface area contributed by atoms with E-state index in [2.05, 4.69) is 23.7 Å². The van der Waals surface area contributed by atoms with Crippen LogP contribution in [-0.4, -0.2) is 69.7 Å². The van der Waals surface area contributed by atoms with Gasteiger partial charge >= 0.3 is 0 Å². The van der Waals surface area contributed by atoms with Gasteiger partial charge in [-0.1, -0.05) is 11.6 Å². The normalized spacial score (nSPS) is 20.8. The van der Waals surface area contributed by atoms with Crippen molar-refractivity contribution in [1.82, 2.24) is 14.8 Å². The topological polar surface area (TPSA) is 68.8 Å². The van der Waals surface area contributed by atoms with Crippen molar-refractivity contribution in [2.45, 2.75) is 64.2 Å². The van der Waals surface area contributed by atoms with Crippen LogP contribution in [0.4, 0.5) is 0 Å². The second kappa shape index (κ2) is 8.40. The summed E-state index contributed by atoms with van der Waals surface area (Å²) in [7, 11) is 0. The monoisotopic (exact) mass is 433 g/mol. The van der Waals surface area contributed by atoms with Gasteiger partial charge in [0.1, 0.15) is 17.5 Å². The van der Waals surface area contributed by atoms with Gasteiger partial charge in [0.2, 0.25) is 0 Å². The van der Waals surface area contributed by atoms with Crippen molar-refractivity contribution in [3.8, 4) is 5.75 Å². The average Bonchev–Trinajstić information content (AvgIpc) is 3.11. The van der Waals surface area contributed by atoms with Gasteiger partial charge < -0.3 is 24.6 Å². The minimum atomic E-state index is -0.678. The number of likely N-dealkylation sites (tertiary alicyclic amines) is 2. The van der Waals surface area contributed by atoms with Gasteiger partial charge in [-0.05, 0) is 64.7 Å². The Kier molecular flexibility index (Phi) is 6.02. The fourth-order valence-electron chi connectivity index (χ4n) is 4.39. The number of halogens is 1. The van der Waals surface area contributed by atoms with Crippen LogP contribution in [-0.2, 0) is 0 Å². The van der Waals surface area contributed by atoms with Crippen molar-refractivity contribution in [3.63, 3.8) is 0 Å². The van der Waals surface area contributed by atoms with E-state index in [1.165, 1.54) is 0 Å². The van der Waals surface area contributed by atoms with E-state index in [4.69, 9.17) is 16.3 Å². The van der Waals surface area contributed by atoms with Crippen LogP contribution in [0.25, 0.3) is 10.9 Å². The number of hydrogen-bond acceptors (Lipinski definition) is 4. The highest BCUT2D eigenvalue weighted by molar-refractivity contribution is 6.32. The van der Waals surface area contributed by atoms with Gasteiger partial charge in [0, 0.05) is 43.1 Å². The molecule has 0 atom stereocenters. The summed E-state index contributed by atoms with van der Waals surface area (Å²) in [5.74, 6) is 0.639. The predicted octanol–water partition coefficient (Wildman–Crippen LogP) is 4.06. The SMILES string of the molecule is CC(C)N1CCC(Oc2cc3cc(C(=O)N4CCC(C)(O)CC4)[nH]c3cc2Cl)CC1. The summed E-state index contributed by atoms with van der Waals surface area (Å²) in [6.45, 7) is 9.47. The Balaban J connectivity index is 1.46. The number of aromatic amines is 1. The molecule has 2 aliphatic heterocycles. The molecule has 0 saturated carbocycles. The number of fused-ring (bicyclic) bond motifs is 1. The Morgan fingerprint density at radius 2 is 1.87 bits per heavy atom. The summed E-state index contributed by atoms with van der Waals surface area (Å²) in [6.07, 6.45) is 3.33. The van der Waals surface area contributed by atoms with E-state index in [1.54, 1.807) is 4.90 Å². The number of piperidine rings is 2. The maximum Gasteiger partial charge on any atom is 0.270 e. The number of H-pyrrole nitrogens is 1. The molecule has 3 heterocycles. The minimum Gasteiger partial charge on any atom is -0.489 e. The van der Waals surface area contributed by atoms with Gasteiger partial charge in [0.25, 0.3) is 5.91 Å². The van der Waals surface area contributed by atoms with Crippen molar-refractivity contribution in [3.05, 3.63) is 28.9 Å². The molecule has 0 radical (unpaired) electrons. The fraction of sp³-hybridized carbons (Fsp3) is 0.609. The third kappa shape index (κ3) is 4.61. The van der Waals surface area contributed by atoms with Crippen LogP contribution in [0.15, 0.2) is 18.2 Å². The van der Waals surface area contributed by atoms with Gasteiger partial charge in [-0.25, -0.2) is 0 Å². The number of benzene rings is 1. The molecule has 1 aromatic heterocycles. The first-order valence-electron chi connectivity index (χ1n) is 11.0. The highest BCUT2D eigenvalue weighted by Crippen LogP contribution is 2.33. The van der Waals surface area contributed by atoms with Crippen LogP contribution in [0.1, 0.15) is 56.9 Å². The molecule has 0 bridgehead atoms. The Labute approximate surface area is 183 Å². The van der Waals surface area contributed by atoms with Crippen molar-refractivity contribution < 1.29 is 14.6 Å². The lowest BCUT2D eigenvalue weighted by atomic mass is 9.94. The molecule has 4 rings (SSSR count). The maximum absolute atomic E-state index is 12.9. The lowest BCUT2D eigenvalue weighted by Gasteiger charge is -2.35. The van der Waals surface area contributed by atoms with Crippen molar-refractivity contribution in [1.29, 1.82) is 0 Å². The van der Waals surface area contributed by atoms with Gasteiger partial charge in [-0.15, -0.1) is 0 Å². The van der Waals surface area contributed by atoms with Crippen molar-refractivity contribution in [2.24, 2.45) is 0 Å². The first-order valence-corrected chi connectivity index (χ1v) is 11.3. The Morgan fingerprint density at radius 1 is 1.20 bits per heavy atom. The molecule has 1 aromatic carbocycles. The lowest BCUT2D eigenvalue weighted by molar-refractivity contribution is -0.00217. The Bertz CT molecular complexity index is 906. The number of aliphatic hydroxyl groups is 1. The second-order valence-electron chi connectivity index (χ2n) is 9.29. The first-order chi connectivity index (χ1) is 14.2. The van der Waals surface area contributed by atoms with E-state index in [0.29, 0.717) is 48.4 Å². The molecule has 2 aromatic rings. The zero-order valence-corrected chi connectivity index (χ0v) is 18.8. The molecule has 2 fully saturated rings. The molecule has 7 heteroatoms. The molecular formula is C23H32ClN3O3. The summed E-state index contributed by atoms with van der Waals surface area (Å²) >= 11 is 6.49. The number of carbonyl (C=O) groups is 1. The molecule has 2 N–H and O–H groups in total. The van der Waals surface area contributed by atoms with Crippen LogP contribution >= 0.6 is 11.6 Å². The third-order valence-electron chi connectivity index (χ3n) is 6.53. The van der Waals surface area contributed by atoms with Gasteiger partial charge in [-0.3, -0.25) is 4.79 Å². The smallest absolute Gasteiger partial charge is 0.270 e. The quantitative estimate of drug-likeness (QED) is 0.762. The summed E-state index contributed by atoms with van der Waals surface area (Å²) in [5, 5.41) is 11.6. The minimum absolute atomic E-state index is 0.0404. The van der Waals surface area contributed by atoms with Crippen LogP contribution in [0, 0.1) is 0 Å². The standard InChI is InChI=1S/C23H32ClN3O3/c1-15(2)26-8-4-17(5-9-26)30-21-13-16-12-20(25-19(16)14-18(21)24)22(28)27-10-6-23(3,29)7-11-27/h12-15,17,25,29H,4-11H2,1-3H3. The van der Waals surface area contributed by atoms with E-state index in [-0.39, 0.29) is 12.0 Å². The zero-order chi connectivity index (χ0) is 21.5. The summed E-state index contributed by atoms with van der Waals surface area (Å²) < 4.78 is 6.24. The third-order valence-corrected chi connectivity index (χ3v) is 6.83. The average molecular weight is 434 g/mol. The lowest BCUT2D eigenvalue weighted by Crippen LogP contribution is -2.45. The number of aromatic nitrogens is 1. The molecule has 1 amide bonds. The Hall–Kier alpha value is -1.76. The molecule has 164 valence electrons.